The van der Waals surface area contributed by atoms with E-state index >= 15 is 0 Å². The third-order valence-corrected chi connectivity index (χ3v) is 2.30. The van der Waals surface area contributed by atoms with Crippen LogP contribution in [0.2, 0.25) is 0 Å². The maximum atomic E-state index is 13.3. The van der Waals surface area contributed by atoms with Crippen LogP contribution in [0.15, 0.2) is 24.5 Å². The standard InChI is InChI=1S/C12H8F3N3O/c1-6-4-17-9(5-16-6)12(19)18-8-3-2-7(13)10(14)11(8)15/h2-5H,1H3,(H,18,19). The van der Waals surface area contributed by atoms with Gasteiger partial charge in [0.25, 0.3) is 5.91 Å². The minimum atomic E-state index is -1.65. The lowest BCUT2D eigenvalue weighted by Crippen LogP contribution is -2.15. The lowest BCUT2D eigenvalue weighted by atomic mass is 10.2. The zero-order valence-corrected chi connectivity index (χ0v) is 9.75. The molecule has 4 nitrogen and oxygen atoms in total. The topological polar surface area (TPSA) is 54.9 Å². The number of aromatic nitrogens is 2. The smallest absolute Gasteiger partial charge is 0.275 e. The average molecular weight is 267 g/mol. The van der Waals surface area contributed by atoms with E-state index in [1.807, 2.05) is 0 Å². The highest BCUT2D eigenvalue weighted by atomic mass is 19.2. The van der Waals surface area contributed by atoms with Gasteiger partial charge in [0.15, 0.2) is 17.5 Å². The molecule has 0 fully saturated rings. The zero-order chi connectivity index (χ0) is 14.0. The van der Waals surface area contributed by atoms with E-state index in [-0.39, 0.29) is 5.69 Å². The van der Waals surface area contributed by atoms with E-state index in [1.54, 1.807) is 6.92 Å². The second-order valence-electron chi connectivity index (χ2n) is 3.72. The number of rotatable bonds is 2. The van der Waals surface area contributed by atoms with Crippen molar-refractivity contribution in [1.29, 1.82) is 0 Å². The molecule has 0 aliphatic rings. The van der Waals surface area contributed by atoms with E-state index in [0.29, 0.717) is 5.69 Å². The van der Waals surface area contributed by atoms with E-state index < -0.39 is 29.0 Å². The van der Waals surface area contributed by atoms with E-state index in [4.69, 9.17) is 0 Å². The van der Waals surface area contributed by atoms with Crippen LogP contribution in [-0.4, -0.2) is 15.9 Å². The molecule has 2 rings (SSSR count). The minimum Gasteiger partial charge on any atom is -0.318 e. The molecule has 0 radical (unpaired) electrons. The molecule has 0 atom stereocenters. The molecule has 0 aliphatic carbocycles. The van der Waals surface area contributed by atoms with Crippen molar-refractivity contribution in [3.63, 3.8) is 0 Å². The summed E-state index contributed by atoms with van der Waals surface area (Å²) >= 11 is 0. The second kappa shape index (κ2) is 5.05. The van der Waals surface area contributed by atoms with Crippen LogP contribution in [0.5, 0.6) is 0 Å². The highest BCUT2D eigenvalue weighted by Crippen LogP contribution is 2.19. The fourth-order valence-electron chi connectivity index (χ4n) is 1.32. The molecule has 1 aromatic heterocycles. The van der Waals surface area contributed by atoms with Crippen molar-refractivity contribution >= 4 is 11.6 Å². The summed E-state index contributed by atoms with van der Waals surface area (Å²) < 4.78 is 39.0. The van der Waals surface area contributed by atoms with Gasteiger partial charge in [-0.05, 0) is 19.1 Å². The fourth-order valence-corrected chi connectivity index (χ4v) is 1.32. The Balaban J connectivity index is 2.24. The van der Waals surface area contributed by atoms with Gasteiger partial charge in [-0.3, -0.25) is 9.78 Å². The minimum absolute atomic E-state index is 0.0604. The van der Waals surface area contributed by atoms with Crippen LogP contribution in [0.25, 0.3) is 0 Å². The monoisotopic (exact) mass is 267 g/mol. The van der Waals surface area contributed by atoms with Crippen LogP contribution >= 0.6 is 0 Å². The van der Waals surface area contributed by atoms with Gasteiger partial charge in [0.2, 0.25) is 0 Å². The summed E-state index contributed by atoms with van der Waals surface area (Å²) in [6.07, 6.45) is 2.55. The molecule has 0 aliphatic heterocycles. The average Bonchev–Trinajstić information content (AvgIpc) is 2.40. The molecule has 98 valence electrons. The molecular weight excluding hydrogens is 259 g/mol. The first-order valence-corrected chi connectivity index (χ1v) is 5.22. The third kappa shape index (κ3) is 2.70. The van der Waals surface area contributed by atoms with Crippen molar-refractivity contribution in [2.24, 2.45) is 0 Å². The number of aryl methyl sites for hydroxylation is 1. The molecular formula is C12H8F3N3O. The highest BCUT2D eigenvalue weighted by Gasteiger charge is 2.16. The quantitative estimate of drug-likeness (QED) is 0.850. The maximum absolute atomic E-state index is 13.3. The molecule has 0 bridgehead atoms. The van der Waals surface area contributed by atoms with Gasteiger partial charge in [0, 0.05) is 6.20 Å². The molecule has 1 heterocycles. The second-order valence-corrected chi connectivity index (χ2v) is 3.72. The normalized spacial score (nSPS) is 10.3. The number of amides is 1. The Morgan fingerprint density at radius 2 is 1.84 bits per heavy atom. The van der Waals surface area contributed by atoms with Crippen LogP contribution in [0.1, 0.15) is 16.2 Å². The number of benzene rings is 1. The van der Waals surface area contributed by atoms with E-state index in [0.717, 1.165) is 12.1 Å². The Bertz CT molecular complexity index is 629. The summed E-state index contributed by atoms with van der Waals surface area (Å²) in [5.74, 6) is -5.20. The van der Waals surface area contributed by atoms with Crippen LogP contribution in [-0.2, 0) is 0 Å². The molecule has 7 heteroatoms. The van der Waals surface area contributed by atoms with E-state index in [1.165, 1.54) is 12.4 Å². The van der Waals surface area contributed by atoms with Gasteiger partial charge in [0.05, 0.1) is 17.6 Å². The van der Waals surface area contributed by atoms with E-state index in [2.05, 4.69) is 15.3 Å². The predicted octanol–water partition coefficient (Wildman–Crippen LogP) is 2.45. The van der Waals surface area contributed by atoms with Gasteiger partial charge >= 0.3 is 0 Å². The third-order valence-electron chi connectivity index (χ3n) is 2.30. The lowest BCUT2D eigenvalue weighted by Gasteiger charge is -2.06. The zero-order valence-electron chi connectivity index (χ0n) is 9.75. The number of carbonyl (C=O) groups excluding carboxylic acids is 1. The molecule has 2 aromatic rings. The Morgan fingerprint density at radius 3 is 2.47 bits per heavy atom. The Labute approximate surface area is 106 Å². The fraction of sp³-hybridized carbons (Fsp3) is 0.0833. The number of hydrogen-bond donors (Lipinski definition) is 1. The van der Waals surface area contributed by atoms with Crippen LogP contribution in [0.3, 0.4) is 0 Å². The largest absolute Gasteiger partial charge is 0.318 e. The summed E-state index contributed by atoms with van der Waals surface area (Å²) in [5, 5.41) is 2.09. The first kappa shape index (κ1) is 13.0. The summed E-state index contributed by atoms with van der Waals surface area (Å²) in [6.45, 7) is 1.68. The number of nitrogens with one attached hydrogen (secondary N) is 1. The first-order chi connectivity index (χ1) is 8.99. The molecule has 0 saturated heterocycles. The Kier molecular flexibility index (Phi) is 3.46. The van der Waals surface area contributed by atoms with Gasteiger partial charge in [0.1, 0.15) is 5.69 Å². The van der Waals surface area contributed by atoms with Crippen LogP contribution in [0.4, 0.5) is 18.9 Å². The summed E-state index contributed by atoms with van der Waals surface area (Å²) in [7, 11) is 0. The van der Waals surface area contributed by atoms with Gasteiger partial charge in [-0.2, -0.15) is 0 Å². The Hall–Kier alpha value is -2.44. The summed E-state index contributed by atoms with van der Waals surface area (Å²) in [4.78, 5) is 19.3. The number of halogens is 3. The van der Waals surface area contributed by atoms with E-state index in [9.17, 15) is 18.0 Å². The van der Waals surface area contributed by atoms with Crippen molar-refractivity contribution in [2.45, 2.75) is 6.92 Å². The molecule has 19 heavy (non-hydrogen) atoms. The predicted molar refractivity (Wildman–Crippen MR) is 61.0 cm³/mol. The Morgan fingerprint density at radius 1 is 1.11 bits per heavy atom. The number of hydrogen-bond acceptors (Lipinski definition) is 3. The molecule has 0 unspecified atom stereocenters. The molecule has 0 saturated carbocycles. The number of nitrogens with zero attached hydrogens (tertiary/aromatic N) is 2. The first-order valence-electron chi connectivity index (χ1n) is 5.22. The number of carbonyl (C=O) groups is 1. The van der Waals surface area contributed by atoms with Crippen molar-refractivity contribution < 1.29 is 18.0 Å². The molecule has 1 amide bonds. The van der Waals surface area contributed by atoms with Gasteiger partial charge in [-0.1, -0.05) is 0 Å². The van der Waals surface area contributed by atoms with Crippen molar-refractivity contribution in [1.82, 2.24) is 9.97 Å². The molecule has 0 spiro atoms. The lowest BCUT2D eigenvalue weighted by molar-refractivity contribution is 0.102. The number of anilines is 1. The molecule has 1 N–H and O–H groups in total. The molecule has 1 aromatic carbocycles. The maximum Gasteiger partial charge on any atom is 0.275 e. The highest BCUT2D eigenvalue weighted by molar-refractivity contribution is 6.02. The van der Waals surface area contributed by atoms with Crippen LogP contribution < -0.4 is 5.32 Å². The van der Waals surface area contributed by atoms with Gasteiger partial charge in [-0.15, -0.1) is 0 Å². The van der Waals surface area contributed by atoms with Gasteiger partial charge < -0.3 is 5.32 Å². The SMILES string of the molecule is Cc1cnc(C(=O)Nc2ccc(F)c(F)c2F)cn1. The van der Waals surface area contributed by atoms with Crippen LogP contribution in [0, 0.1) is 24.4 Å². The van der Waals surface area contributed by atoms with Crippen molar-refractivity contribution in [3.05, 3.63) is 53.4 Å². The van der Waals surface area contributed by atoms with Crippen molar-refractivity contribution in [3.8, 4) is 0 Å². The van der Waals surface area contributed by atoms with Gasteiger partial charge in [-0.25, -0.2) is 18.2 Å². The summed E-state index contributed by atoms with van der Waals surface area (Å²) in [6, 6.07) is 1.64. The summed E-state index contributed by atoms with van der Waals surface area (Å²) in [5.41, 5.74) is 0.0802. The van der Waals surface area contributed by atoms with Crippen molar-refractivity contribution in [2.75, 3.05) is 5.32 Å².